The summed E-state index contributed by atoms with van der Waals surface area (Å²) in [6.07, 6.45) is 1.38. The van der Waals surface area contributed by atoms with Gasteiger partial charge in [0.1, 0.15) is 0 Å². The maximum absolute atomic E-state index is 12.8. The van der Waals surface area contributed by atoms with Gasteiger partial charge in [-0.1, -0.05) is 11.6 Å². The summed E-state index contributed by atoms with van der Waals surface area (Å²) in [5.41, 5.74) is 2.18. The van der Waals surface area contributed by atoms with Gasteiger partial charge in [-0.25, -0.2) is 9.78 Å². The third-order valence-corrected chi connectivity index (χ3v) is 6.32. The number of carbonyl (C=O) groups is 3. The minimum absolute atomic E-state index is 0.173. The van der Waals surface area contributed by atoms with Crippen LogP contribution in [0.4, 0.5) is 10.8 Å². The summed E-state index contributed by atoms with van der Waals surface area (Å²) in [4.78, 5) is 42.5. The number of esters is 1. The highest BCUT2D eigenvalue weighted by molar-refractivity contribution is 7.16. The van der Waals surface area contributed by atoms with Gasteiger partial charge in [0.2, 0.25) is 5.91 Å². The van der Waals surface area contributed by atoms with E-state index >= 15 is 0 Å². The molecule has 1 atom stereocenters. The van der Waals surface area contributed by atoms with Gasteiger partial charge in [0, 0.05) is 21.2 Å². The second kappa shape index (κ2) is 9.50. The summed E-state index contributed by atoms with van der Waals surface area (Å²) in [5, 5.41) is 6.69. The van der Waals surface area contributed by atoms with Crippen LogP contribution < -0.4 is 10.6 Å². The molecule has 7 nitrogen and oxygen atoms in total. The maximum atomic E-state index is 12.8. The standard InChI is InChI=1S/C23H20ClN3O4S/c1-2-31-22(30)14-5-9-16(10-6-14)25-21(29)17-11-12-18-19(17)26-23(32-18)27-20(28)13-3-7-15(24)8-4-13/h3-10,17H,2,11-12H2,1H3,(H,25,29)(H,26,27,28). The lowest BCUT2D eigenvalue weighted by molar-refractivity contribution is -0.117. The Morgan fingerprint density at radius 3 is 2.44 bits per heavy atom. The fraction of sp³-hybridized carbons (Fsp3) is 0.217. The summed E-state index contributed by atoms with van der Waals surface area (Å²) < 4.78 is 4.96. The number of nitrogens with zero attached hydrogens (tertiary/aromatic N) is 1. The highest BCUT2D eigenvalue weighted by Crippen LogP contribution is 2.39. The molecule has 1 unspecified atom stereocenters. The lowest BCUT2D eigenvalue weighted by Crippen LogP contribution is -2.20. The van der Waals surface area contributed by atoms with Crippen LogP contribution in [0.1, 0.15) is 50.5 Å². The van der Waals surface area contributed by atoms with Crippen LogP contribution in [0.2, 0.25) is 5.02 Å². The number of benzene rings is 2. The number of nitrogens with one attached hydrogen (secondary N) is 2. The third-order valence-electron chi connectivity index (χ3n) is 5.02. The molecule has 0 bridgehead atoms. The Balaban J connectivity index is 1.41. The van der Waals surface area contributed by atoms with E-state index in [1.54, 1.807) is 55.5 Å². The zero-order valence-corrected chi connectivity index (χ0v) is 18.8. The molecule has 164 valence electrons. The van der Waals surface area contributed by atoms with Crippen LogP contribution in [0.15, 0.2) is 48.5 Å². The van der Waals surface area contributed by atoms with Crippen LogP contribution in [-0.2, 0) is 16.0 Å². The first-order chi connectivity index (χ1) is 15.4. The molecule has 0 spiro atoms. The summed E-state index contributed by atoms with van der Waals surface area (Å²) in [6.45, 7) is 2.05. The summed E-state index contributed by atoms with van der Waals surface area (Å²) in [6, 6.07) is 13.1. The van der Waals surface area contributed by atoms with Crippen molar-refractivity contribution in [2.24, 2.45) is 0 Å². The van der Waals surface area contributed by atoms with Crippen LogP contribution in [0.25, 0.3) is 0 Å². The number of ether oxygens (including phenoxy) is 1. The van der Waals surface area contributed by atoms with Crippen molar-refractivity contribution < 1.29 is 19.1 Å². The zero-order valence-electron chi connectivity index (χ0n) is 17.2. The van der Waals surface area contributed by atoms with E-state index in [9.17, 15) is 14.4 Å². The van der Waals surface area contributed by atoms with Gasteiger partial charge in [-0.3, -0.25) is 14.9 Å². The summed E-state index contributed by atoms with van der Waals surface area (Å²) in [5.74, 6) is -1.25. The van der Waals surface area contributed by atoms with Gasteiger partial charge >= 0.3 is 5.97 Å². The first-order valence-corrected chi connectivity index (χ1v) is 11.3. The number of aromatic nitrogens is 1. The number of aryl methyl sites for hydroxylation is 1. The molecule has 0 fully saturated rings. The molecule has 1 aliphatic rings. The van der Waals surface area contributed by atoms with Crippen LogP contribution >= 0.6 is 22.9 Å². The normalized spacial score (nSPS) is 14.5. The monoisotopic (exact) mass is 469 g/mol. The maximum Gasteiger partial charge on any atom is 0.338 e. The number of carbonyl (C=O) groups excluding carboxylic acids is 3. The van der Waals surface area contributed by atoms with Crippen LogP contribution in [0.5, 0.6) is 0 Å². The first kappa shape index (κ1) is 22.0. The number of hydrogen-bond donors (Lipinski definition) is 2. The molecule has 2 aromatic carbocycles. The van der Waals surface area contributed by atoms with Crippen LogP contribution in [0, 0.1) is 0 Å². The molecule has 2 amide bonds. The van der Waals surface area contributed by atoms with E-state index in [4.69, 9.17) is 16.3 Å². The fourth-order valence-corrected chi connectivity index (χ4v) is 4.60. The molecule has 32 heavy (non-hydrogen) atoms. The van der Waals surface area contributed by atoms with Gasteiger partial charge in [0.05, 0.1) is 23.8 Å². The van der Waals surface area contributed by atoms with Crippen molar-refractivity contribution in [1.82, 2.24) is 4.98 Å². The number of fused-ring (bicyclic) bond motifs is 1. The van der Waals surface area contributed by atoms with E-state index in [-0.39, 0.29) is 11.8 Å². The number of halogens is 1. The van der Waals surface area contributed by atoms with E-state index in [0.29, 0.717) is 45.7 Å². The molecule has 4 rings (SSSR count). The molecule has 1 heterocycles. The Kier molecular flexibility index (Phi) is 6.53. The fourth-order valence-electron chi connectivity index (χ4n) is 3.44. The Morgan fingerprint density at radius 1 is 1.06 bits per heavy atom. The SMILES string of the molecule is CCOC(=O)c1ccc(NC(=O)C2CCc3sc(NC(=O)c4ccc(Cl)cc4)nc32)cc1. The predicted molar refractivity (Wildman–Crippen MR) is 124 cm³/mol. The second-order valence-corrected chi connectivity index (χ2v) is 8.69. The van der Waals surface area contributed by atoms with E-state index in [0.717, 1.165) is 11.3 Å². The van der Waals surface area contributed by atoms with Crippen molar-refractivity contribution in [1.29, 1.82) is 0 Å². The number of rotatable bonds is 6. The van der Waals surface area contributed by atoms with Crippen molar-refractivity contribution in [3.05, 3.63) is 75.3 Å². The van der Waals surface area contributed by atoms with Gasteiger partial charge in [-0.05, 0) is 68.3 Å². The number of amides is 2. The minimum atomic E-state index is -0.401. The van der Waals surface area contributed by atoms with Crippen LogP contribution in [0.3, 0.4) is 0 Å². The van der Waals surface area contributed by atoms with Crippen molar-refractivity contribution in [2.45, 2.75) is 25.7 Å². The smallest absolute Gasteiger partial charge is 0.338 e. The lowest BCUT2D eigenvalue weighted by Gasteiger charge is -2.11. The van der Waals surface area contributed by atoms with E-state index in [1.165, 1.54) is 11.3 Å². The highest BCUT2D eigenvalue weighted by Gasteiger charge is 2.33. The molecule has 1 aliphatic carbocycles. The molecule has 3 aromatic rings. The van der Waals surface area contributed by atoms with Crippen LogP contribution in [-0.4, -0.2) is 29.4 Å². The lowest BCUT2D eigenvalue weighted by atomic mass is 10.1. The van der Waals surface area contributed by atoms with Gasteiger partial charge in [-0.15, -0.1) is 11.3 Å². The molecular weight excluding hydrogens is 450 g/mol. The molecule has 0 aliphatic heterocycles. The molecule has 0 saturated carbocycles. The average molecular weight is 470 g/mol. The molecule has 0 radical (unpaired) electrons. The summed E-state index contributed by atoms with van der Waals surface area (Å²) in [7, 11) is 0. The number of thiazole rings is 1. The topological polar surface area (TPSA) is 97.4 Å². The third kappa shape index (κ3) is 4.81. The zero-order chi connectivity index (χ0) is 22.7. The van der Waals surface area contributed by atoms with Gasteiger partial charge in [-0.2, -0.15) is 0 Å². The van der Waals surface area contributed by atoms with Crippen molar-refractivity contribution in [3.63, 3.8) is 0 Å². The number of anilines is 2. The van der Waals surface area contributed by atoms with E-state index in [1.807, 2.05) is 0 Å². The molecule has 1 aromatic heterocycles. The van der Waals surface area contributed by atoms with E-state index < -0.39 is 11.9 Å². The predicted octanol–water partition coefficient (Wildman–Crippen LogP) is 4.89. The minimum Gasteiger partial charge on any atom is -0.462 e. The Morgan fingerprint density at radius 2 is 1.75 bits per heavy atom. The molecule has 2 N–H and O–H groups in total. The van der Waals surface area contributed by atoms with Gasteiger partial charge in [0.15, 0.2) is 5.13 Å². The number of hydrogen-bond acceptors (Lipinski definition) is 6. The molecule has 9 heteroatoms. The van der Waals surface area contributed by atoms with Gasteiger partial charge in [0.25, 0.3) is 5.91 Å². The summed E-state index contributed by atoms with van der Waals surface area (Å²) >= 11 is 7.25. The highest BCUT2D eigenvalue weighted by atomic mass is 35.5. The average Bonchev–Trinajstić information content (AvgIpc) is 3.35. The first-order valence-electron chi connectivity index (χ1n) is 10.1. The van der Waals surface area contributed by atoms with Crippen molar-refractivity contribution >= 4 is 51.5 Å². The van der Waals surface area contributed by atoms with Gasteiger partial charge < -0.3 is 10.1 Å². The Bertz CT molecular complexity index is 1160. The van der Waals surface area contributed by atoms with Crippen molar-refractivity contribution in [3.8, 4) is 0 Å². The second-order valence-electron chi connectivity index (χ2n) is 7.17. The van der Waals surface area contributed by atoms with E-state index in [2.05, 4.69) is 15.6 Å². The molecule has 0 saturated heterocycles. The quantitative estimate of drug-likeness (QED) is 0.501. The Labute approximate surface area is 193 Å². The Hall–Kier alpha value is -3.23. The van der Waals surface area contributed by atoms with Crippen molar-refractivity contribution in [2.75, 3.05) is 17.2 Å². The largest absolute Gasteiger partial charge is 0.462 e. The molecular formula is C23H20ClN3O4S.